The molecule has 5 nitrogen and oxygen atoms in total. The first kappa shape index (κ1) is 16.2. The lowest BCUT2D eigenvalue weighted by Crippen LogP contribution is -2.24. The molecule has 118 valence electrons. The normalized spacial score (nSPS) is 10.6. The van der Waals surface area contributed by atoms with Gasteiger partial charge < -0.3 is 5.32 Å². The van der Waals surface area contributed by atoms with Crippen molar-refractivity contribution in [3.05, 3.63) is 41.7 Å². The van der Waals surface area contributed by atoms with Crippen LogP contribution in [0.15, 0.2) is 30.6 Å². The SMILES string of the molecule is CCCCCCc1ccc(C(=O)NCC)c(-n2ccnn2)c1. The van der Waals surface area contributed by atoms with Crippen molar-refractivity contribution >= 4 is 5.91 Å². The molecule has 1 N–H and O–H groups in total. The van der Waals surface area contributed by atoms with Gasteiger partial charge in [0.05, 0.1) is 23.6 Å². The summed E-state index contributed by atoms with van der Waals surface area (Å²) in [6.07, 6.45) is 9.33. The van der Waals surface area contributed by atoms with Crippen molar-refractivity contribution < 1.29 is 4.79 Å². The fraction of sp³-hybridized carbons (Fsp3) is 0.471. The Bertz CT molecular complexity index is 593. The van der Waals surface area contributed by atoms with Gasteiger partial charge in [-0.3, -0.25) is 4.79 Å². The number of hydrogen-bond donors (Lipinski definition) is 1. The van der Waals surface area contributed by atoms with Crippen LogP contribution in [-0.4, -0.2) is 27.4 Å². The van der Waals surface area contributed by atoms with Gasteiger partial charge in [-0.05, 0) is 37.5 Å². The first-order valence-corrected chi connectivity index (χ1v) is 8.04. The summed E-state index contributed by atoms with van der Waals surface area (Å²) < 4.78 is 1.65. The van der Waals surface area contributed by atoms with Gasteiger partial charge in [0.1, 0.15) is 0 Å². The maximum absolute atomic E-state index is 12.2. The van der Waals surface area contributed by atoms with E-state index in [4.69, 9.17) is 0 Å². The van der Waals surface area contributed by atoms with Crippen LogP contribution >= 0.6 is 0 Å². The van der Waals surface area contributed by atoms with Crippen molar-refractivity contribution in [1.29, 1.82) is 0 Å². The smallest absolute Gasteiger partial charge is 0.253 e. The molecule has 0 unspecified atom stereocenters. The molecule has 0 bridgehead atoms. The number of benzene rings is 1. The van der Waals surface area contributed by atoms with Crippen molar-refractivity contribution in [3.63, 3.8) is 0 Å². The predicted octanol–water partition coefficient (Wildman–Crippen LogP) is 3.14. The average Bonchev–Trinajstić information content (AvgIpc) is 3.06. The zero-order chi connectivity index (χ0) is 15.8. The maximum atomic E-state index is 12.2. The standard InChI is InChI=1S/C17H24N4O/c1-3-5-6-7-8-14-9-10-15(17(22)18-4-2)16(13-14)21-12-11-19-20-21/h9-13H,3-8H2,1-2H3,(H,18,22). The quantitative estimate of drug-likeness (QED) is 0.762. The van der Waals surface area contributed by atoms with Crippen LogP contribution < -0.4 is 5.32 Å². The van der Waals surface area contributed by atoms with Gasteiger partial charge in [-0.1, -0.05) is 37.5 Å². The highest BCUT2D eigenvalue weighted by Gasteiger charge is 2.13. The van der Waals surface area contributed by atoms with Gasteiger partial charge in [0.2, 0.25) is 0 Å². The van der Waals surface area contributed by atoms with Crippen LogP contribution in [0.4, 0.5) is 0 Å². The summed E-state index contributed by atoms with van der Waals surface area (Å²) in [4.78, 5) is 12.2. The van der Waals surface area contributed by atoms with Gasteiger partial charge in [0, 0.05) is 6.54 Å². The predicted molar refractivity (Wildman–Crippen MR) is 87.2 cm³/mol. The van der Waals surface area contributed by atoms with Crippen LogP contribution in [0.2, 0.25) is 0 Å². The van der Waals surface area contributed by atoms with E-state index in [9.17, 15) is 4.79 Å². The van der Waals surface area contributed by atoms with Crippen LogP contribution in [-0.2, 0) is 6.42 Å². The van der Waals surface area contributed by atoms with Crippen molar-refractivity contribution in [3.8, 4) is 5.69 Å². The minimum Gasteiger partial charge on any atom is -0.352 e. The van der Waals surface area contributed by atoms with Gasteiger partial charge in [-0.15, -0.1) is 5.10 Å². The van der Waals surface area contributed by atoms with E-state index in [2.05, 4.69) is 22.6 Å². The summed E-state index contributed by atoms with van der Waals surface area (Å²) >= 11 is 0. The van der Waals surface area contributed by atoms with E-state index < -0.39 is 0 Å². The molecular weight excluding hydrogens is 276 g/mol. The molecule has 0 atom stereocenters. The lowest BCUT2D eigenvalue weighted by atomic mass is 10.0. The summed E-state index contributed by atoms with van der Waals surface area (Å²) in [6, 6.07) is 5.97. The molecule has 0 aliphatic rings. The van der Waals surface area contributed by atoms with Gasteiger partial charge in [-0.2, -0.15) is 0 Å². The molecule has 1 aromatic carbocycles. The second-order valence-corrected chi connectivity index (χ2v) is 5.37. The zero-order valence-electron chi connectivity index (χ0n) is 13.4. The Balaban J connectivity index is 2.22. The average molecular weight is 300 g/mol. The van der Waals surface area contributed by atoms with E-state index in [1.807, 2.05) is 25.1 Å². The Morgan fingerprint density at radius 2 is 2.09 bits per heavy atom. The van der Waals surface area contributed by atoms with Crippen molar-refractivity contribution in [2.45, 2.75) is 46.0 Å². The van der Waals surface area contributed by atoms with E-state index in [0.29, 0.717) is 12.1 Å². The minimum absolute atomic E-state index is 0.0782. The summed E-state index contributed by atoms with van der Waals surface area (Å²) in [6.45, 7) is 4.73. The van der Waals surface area contributed by atoms with Crippen molar-refractivity contribution in [2.24, 2.45) is 0 Å². The topological polar surface area (TPSA) is 59.8 Å². The molecule has 22 heavy (non-hydrogen) atoms. The molecule has 1 heterocycles. The molecule has 2 aromatic rings. The molecule has 0 saturated heterocycles. The summed E-state index contributed by atoms with van der Waals surface area (Å²) in [7, 11) is 0. The fourth-order valence-electron chi connectivity index (χ4n) is 2.46. The maximum Gasteiger partial charge on any atom is 0.253 e. The number of hydrogen-bond acceptors (Lipinski definition) is 3. The molecule has 0 aliphatic carbocycles. The Morgan fingerprint density at radius 1 is 1.23 bits per heavy atom. The first-order chi connectivity index (χ1) is 10.8. The van der Waals surface area contributed by atoms with Crippen molar-refractivity contribution in [2.75, 3.05) is 6.54 Å². The molecule has 0 saturated carbocycles. The van der Waals surface area contributed by atoms with Gasteiger partial charge in [0.15, 0.2) is 0 Å². The van der Waals surface area contributed by atoms with E-state index in [1.165, 1.54) is 31.2 Å². The highest BCUT2D eigenvalue weighted by Crippen LogP contribution is 2.18. The van der Waals surface area contributed by atoms with Crippen LogP contribution in [0.1, 0.15) is 55.5 Å². The van der Waals surface area contributed by atoms with Crippen LogP contribution in [0.25, 0.3) is 5.69 Å². The number of carbonyl (C=O) groups excluding carboxylic acids is 1. The third-order valence-corrected chi connectivity index (χ3v) is 3.63. The largest absolute Gasteiger partial charge is 0.352 e. The Kier molecular flexibility index (Phi) is 6.13. The number of aryl methyl sites for hydroxylation is 1. The molecule has 5 heteroatoms. The zero-order valence-corrected chi connectivity index (χ0v) is 13.4. The molecule has 0 spiro atoms. The van der Waals surface area contributed by atoms with Crippen LogP contribution in [0, 0.1) is 0 Å². The third-order valence-electron chi connectivity index (χ3n) is 3.63. The van der Waals surface area contributed by atoms with Gasteiger partial charge >= 0.3 is 0 Å². The molecule has 0 aliphatic heterocycles. The molecule has 1 amide bonds. The number of amides is 1. The second-order valence-electron chi connectivity index (χ2n) is 5.37. The summed E-state index contributed by atoms with van der Waals surface area (Å²) in [5.74, 6) is -0.0782. The summed E-state index contributed by atoms with van der Waals surface area (Å²) in [5, 5.41) is 10.7. The Labute approximate surface area is 131 Å². The number of aromatic nitrogens is 3. The van der Waals surface area contributed by atoms with E-state index >= 15 is 0 Å². The monoisotopic (exact) mass is 300 g/mol. The lowest BCUT2D eigenvalue weighted by molar-refractivity contribution is 0.0955. The molecule has 1 aromatic heterocycles. The van der Waals surface area contributed by atoms with Crippen LogP contribution in [0.3, 0.4) is 0 Å². The molecular formula is C17H24N4O. The van der Waals surface area contributed by atoms with Crippen molar-refractivity contribution in [1.82, 2.24) is 20.3 Å². The number of nitrogens with zero attached hydrogens (tertiary/aromatic N) is 3. The highest BCUT2D eigenvalue weighted by atomic mass is 16.1. The number of carbonyl (C=O) groups is 1. The fourth-order valence-corrected chi connectivity index (χ4v) is 2.46. The molecule has 2 rings (SSSR count). The van der Waals surface area contributed by atoms with Gasteiger partial charge in [-0.25, -0.2) is 4.68 Å². The second kappa shape index (κ2) is 8.32. The van der Waals surface area contributed by atoms with E-state index in [1.54, 1.807) is 17.1 Å². The highest BCUT2D eigenvalue weighted by molar-refractivity contribution is 5.97. The first-order valence-electron chi connectivity index (χ1n) is 8.04. The Morgan fingerprint density at radius 3 is 2.77 bits per heavy atom. The van der Waals surface area contributed by atoms with E-state index in [-0.39, 0.29) is 5.91 Å². The lowest BCUT2D eigenvalue weighted by Gasteiger charge is -2.11. The molecule has 0 radical (unpaired) electrons. The Hall–Kier alpha value is -2.17. The third kappa shape index (κ3) is 4.16. The number of nitrogens with one attached hydrogen (secondary N) is 1. The number of rotatable bonds is 8. The summed E-state index contributed by atoms with van der Waals surface area (Å²) in [5.41, 5.74) is 2.65. The minimum atomic E-state index is -0.0782. The molecule has 0 fully saturated rings. The van der Waals surface area contributed by atoms with Crippen LogP contribution in [0.5, 0.6) is 0 Å². The van der Waals surface area contributed by atoms with E-state index in [0.717, 1.165) is 12.1 Å². The number of unbranched alkanes of at least 4 members (excludes halogenated alkanes) is 3. The van der Waals surface area contributed by atoms with Gasteiger partial charge in [0.25, 0.3) is 5.91 Å².